The lowest BCUT2D eigenvalue weighted by Gasteiger charge is -2.28. The molecule has 36 heavy (non-hydrogen) atoms. The summed E-state index contributed by atoms with van der Waals surface area (Å²) in [6.45, 7) is 5.91. The second-order valence-corrected chi connectivity index (χ2v) is 9.34. The molecule has 1 saturated carbocycles. The number of rotatable bonds is 8. The molecule has 4 rings (SSSR count). The molecule has 1 amide bonds. The van der Waals surface area contributed by atoms with Crippen molar-refractivity contribution in [2.24, 2.45) is 5.92 Å². The van der Waals surface area contributed by atoms with Crippen molar-refractivity contribution in [1.29, 1.82) is 0 Å². The van der Waals surface area contributed by atoms with Crippen LogP contribution < -0.4 is 5.32 Å². The highest BCUT2D eigenvalue weighted by atomic mass is 16.6. The summed E-state index contributed by atoms with van der Waals surface area (Å²) >= 11 is 0. The topological polar surface area (TPSA) is 95.3 Å². The van der Waals surface area contributed by atoms with Gasteiger partial charge in [-0.15, -0.1) is 5.10 Å². The van der Waals surface area contributed by atoms with E-state index in [2.05, 4.69) is 27.8 Å². The number of amides is 1. The molecule has 0 spiro atoms. The van der Waals surface area contributed by atoms with E-state index in [0.29, 0.717) is 36.4 Å². The van der Waals surface area contributed by atoms with Crippen molar-refractivity contribution in [3.05, 3.63) is 71.4 Å². The third-order valence-electron chi connectivity index (χ3n) is 6.83. The van der Waals surface area contributed by atoms with E-state index in [1.54, 1.807) is 11.6 Å². The molecule has 2 aromatic carbocycles. The molecule has 0 bridgehead atoms. The lowest BCUT2D eigenvalue weighted by Crippen LogP contribution is -2.19. The highest BCUT2D eigenvalue weighted by Crippen LogP contribution is 2.37. The number of ether oxygens (including phenoxy) is 2. The first-order valence-electron chi connectivity index (χ1n) is 12.7. The van der Waals surface area contributed by atoms with Crippen molar-refractivity contribution in [1.82, 2.24) is 15.0 Å². The summed E-state index contributed by atoms with van der Waals surface area (Å²) in [5.74, 6) is 1.28. The Balaban J connectivity index is 1.37. The van der Waals surface area contributed by atoms with E-state index in [9.17, 15) is 9.59 Å². The van der Waals surface area contributed by atoms with E-state index in [1.165, 1.54) is 5.56 Å². The smallest absolute Gasteiger partial charge is 0.413 e. The van der Waals surface area contributed by atoms with Crippen molar-refractivity contribution < 1.29 is 19.1 Å². The molecule has 190 valence electrons. The molecule has 0 unspecified atom stereocenters. The maximum atomic E-state index is 12.6. The molecule has 1 aromatic heterocycles. The quantitative estimate of drug-likeness (QED) is 0.383. The SMILES string of the molecule is CCOC(=O)CC1CCC(c2ccc(-n3nnc(C)c3NC(=O)O[C@H](C)c3ccccc3)cc2)CC1. The fourth-order valence-electron chi connectivity index (χ4n) is 4.80. The Labute approximate surface area is 212 Å². The van der Waals surface area contributed by atoms with Gasteiger partial charge in [0, 0.05) is 6.42 Å². The molecule has 1 aliphatic carbocycles. The molecule has 0 saturated heterocycles. The predicted octanol–water partition coefficient (Wildman–Crippen LogP) is 6.11. The van der Waals surface area contributed by atoms with E-state index in [1.807, 2.05) is 56.3 Å². The summed E-state index contributed by atoms with van der Waals surface area (Å²) in [4.78, 5) is 24.4. The van der Waals surface area contributed by atoms with E-state index in [0.717, 1.165) is 36.9 Å². The van der Waals surface area contributed by atoms with E-state index in [-0.39, 0.29) is 12.1 Å². The van der Waals surface area contributed by atoms with Crippen LogP contribution in [0.25, 0.3) is 5.69 Å². The number of hydrogen-bond donors (Lipinski definition) is 1. The van der Waals surface area contributed by atoms with Gasteiger partial charge in [-0.1, -0.05) is 47.7 Å². The van der Waals surface area contributed by atoms with Gasteiger partial charge >= 0.3 is 12.1 Å². The van der Waals surface area contributed by atoms with Gasteiger partial charge in [0.25, 0.3) is 0 Å². The Morgan fingerprint density at radius 1 is 1.06 bits per heavy atom. The first-order chi connectivity index (χ1) is 17.4. The van der Waals surface area contributed by atoms with Crippen molar-refractivity contribution >= 4 is 17.9 Å². The number of aromatic nitrogens is 3. The number of esters is 1. The van der Waals surface area contributed by atoms with Crippen LogP contribution in [0.2, 0.25) is 0 Å². The molecule has 8 heteroatoms. The van der Waals surface area contributed by atoms with Crippen LogP contribution in [0.4, 0.5) is 10.6 Å². The van der Waals surface area contributed by atoms with Crippen molar-refractivity contribution in [2.75, 3.05) is 11.9 Å². The summed E-state index contributed by atoms with van der Waals surface area (Å²) < 4.78 is 12.3. The number of carbonyl (C=O) groups excluding carboxylic acids is 2. The summed E-state index contributed by atoms with van der Waals surface area (Å²) in [5, 5.41) is 11.2. The number of hydrogen-bond acceptors (Lipinski definition) is 6. The summed E-state index contributed by atoms with van der Waals surface area (Å²) in [6.07, 6.45) is 3.76. The summed E-state index contributed by atoms with van der Waals surface area (Å²) in [5.41, 5.74) is 3.60. The van der Waals surface area contributed by atoms with Gasteiger partial charge < -0.3 is 9.47 Å². The molecule has 0 aliphatic heterocycles. The number of nitrogens with zero attached hydrogens (tertiary/aromatic N) is 3. The van der Waals surface area contributed by atoms with Crippen molar-refractivity contribution in [3.63, 3.8) is 0 Å². The zero-order valence-electron chi connectivity index (χ0n) is 21.1. The van der Waals surface area contributed by atoms with Crippen LogP contribution in [-0.4, -0.2) is 33.7 Å². The number of aryl methyl sites for hydroxylation is 1. The lowest BCUT2D eigenvalue weighted by atomic mass is 9.77. The fourth-order valence-corrected chi connectivity index (χ4v) is 4.80. The van der Waals surface area contributed by atoms with Gasteiger partial charge in [-0.25, -0.2) is 4.79 Å². The number of nitrogens with one attached hydrogen (secondary N) is 1. The van der Waals surface area contributed by atoms with Crippen LogP contribution in [0.5, 0.6) is 0 Å². The Hall–Kier alpha value is -3.68. The predicted molar refractivity (Wildman–Crippen MR) is 137 cm³/mol. The monoisotopic (exact) mass is 490 g/mol. The average molecular weight is 491 g/mol. The molecule has 8 nitrogen and oxygen atoms in total. The minimum Gasteiger partial charge on any atom is -0.466 e. The maximum Gasteiger partial charge on any atom is 0.413 e. The molecular formula is C28H34N4O4. The molecule has 1 aliphatic rings. The van der Waals surface area contributed by atoms with Crippen molar-refractivity contribution in [2.45, 2.75) is 64.9 Å². The van der Waals surface area contributed by atoms with Crippen LogP contribution in [-0.2, 0) is 14.3 Å². The molecule has 1 fully saturated rings. The van der Waals surface area contributed by atoms with Gasteiger partial charge in [-0.2, -0.15) is 4.68 Å². The minimum absolute atomic E-state index is 0.0868. The molecule has 1 atom stereocenters. The Bertz CT molecular complexity index is 1150. The maximum absolute atomic E-state index is 12.6. The Kier molecular flexibility index (Phi) is 8.36. The van der Waals surface area contributed by atoms with E-state index in [4.69, 9.17) is 9.47 Å². The molecule has 3 aromatic rings. The van der Waals surface area contributed by atoms with Crippen LogP contribution in [0.15, 0.2) is 54.6 Å². The zero-order valence-corrected chi connectivity index (χ0v) is 21.1. The fraction of sp³-hybridized carbons (Fsp3) is 0.429. The highest BCUT2D eigenvalue weighted by Gasteiger charge is 2.25. The lowest BCUT2D eigenvalue weighted by molar-refractivity contribution is -0.144. The molecule has 1 heterocycles. The second-order valence-electron chi connectivity index (χ2n) is 9.34. The van der Waals surface area contributed by atoms with Crippen LogP contribution in [0.3, 0.4) is 0 Å². The standard InChI is InChI=1S/C28H34N4O4/c1-4-35-26(33)18-21-10-12-23(13-11-21)24-14-16-25(17-15-24)32-27(19(2)30-31-32)29-28(34)36-20(3)22-8-6-5-7-9-22/h5-9,14-17,20-21,23H,4,10-13,18H2,1-3H3,(H,29,34)/t20-,21?,23?/m1/s1. The summed E-state index contributed by atoms with van der Waals surface area (Å²) in [7, 11) is 0. The molecule has 1 N–H and O–H groups in total. The average Bonchev–Trinajstić information content (AvgIpc) is 3.25. The zero-order chi connectivity index (χ0) is 25.5. The Morgan fingerprint density at radius 2 is 1.75 bits per heavy atom. The van der Waals surface area contributed by atoms with Gasteiger partial charge in [0.2, 0.25) is 0 Å². The highest BCUT2D eigenvalue weighted by molar-refractivity contribution is 5.84. The first-order valence-corrected chi connectivity index (χ1v) is 12.7. The molecule has 0 radical (unpaired) electrons. The van der Waals surface area contributed by atoms with Crippen molar-refractivity contribution in [3.8, 4) is 5.69 Å². The van der Waals surface area contributed by atoms with Gasteiger partial charge in [0.1, 0.15) is 11.8 Å². The van der Waals surface area contributed by atoms with Gasteiger partial charge in [0.15, 0.2) is 5.82 Å². The second kappa shape index (κ2) is 11.8. The number of carbonyl (C=O) groups is 2. The number of benzene rings is 2. The first kappa shape index (κ1) is 25.4. The van der Waals surface area contributed by atoms with Crippen LogP contribution in [0.1, 0.15) is 74.8 Å². The van der Waals surface area contributed by atoms with Gasteiger partial charge in [0.05, 0.1) is 12.3 Å². The largest absolute Gasteiger partial charge is 0.466 e. The normalized spacial score (nSPS) is 18.3. The van der Waals surface area contributed by atoms with Gasteiger partial charge in [-0.05, 0) is 81.5 Å². The minimum atomic E-state index is -0.561. The van der Waals surface area contributed by atoms with E-state index >= 15 is 0 Å². The summed E-state index contributed by atoms with van der Waals surface area (Å²) in [6, 6.07) is 17.8. The third kappa shape index (κ3) is 6.30. The third-order valence-corrected chi connectivity index (χ3v) is 6.83. The molecular weight excluding hydrogens is 456 g/mol. The van der Waals surface area contributed by atoms with Crippen LogP contribution >= 0.6 is 0 Å². The Morgan fingerprint density at radius 3 is 2.42 bits per heavy atom. The van der Waals surface area contributed by atoms with Crippen LogP contribution in [0, 0.1) is 12.8 Å². The van der Waals surface area contributed by atoms with Gasteiger partial charge in [-0.3, -0.25) is 10.1 Å². The van der Waals surface area contributed by atoms with E-state index < -0.39 is 6.09 Å². The number of anilines is 1.